The number of anilines is 1. The van der Waals surface area contributed by atoms with Gasteiger partial charge in [-0.1, -0.05) is 0 Å². The lowest BCUT2D eigenvalue weighted by Gasteiger charge is -2.04. The van der Waals surface area contributed by atoms with Crippen molar-refractivity contribution >= 4 is 27.7 Å². The summed E-state index contributed by atoms with van der Waals surface area (Å²) in [6.07, 6.45) is 0. The topological polar surface area (TPSA) is 98.3 Å². The Morgan fingerprint density at radius 3 is 2.69 bits per heavy atom. The molecule has 0 amide bonds. The molecule has 1 heterocycles. The highest BCUT2D eigenvalue weighted by atomic mass is 79.9. The van der Waals surface area contributed by atoms with Gasteiger partial charge in [-0.15, -0.1) is 0 Å². The third-order valence-corrected chi connectivity index (χ3v) is 1.83. The number of carboxylic acid groups (broad SMARTS) is 1. The van der Waals surface area contributed by atoms with Crippen LogP contribution in [0.3, 0.4) is 0 Å². The lowest BCUT2D eigenvalue weighted by Crippen LogP contribution is -2.08. The molecule has 3 N–H and O–H groups in total. The Morgan fingerprint density at radius 1 is 1.62 bits per heavy atom. The quantitative estimate of drug-likeness (QED) is 0.791. The van der Waals surface area contributed by atoms with Gasteiger partial charge in [-0.05, 0) is 15.9 Å². The normalized spacial score (nSPS) is 9.69. The van der Waals surface area contributed by atoms with Crippen molar-refractivity contribution in [3.8, 4) is 5.88 Å². The minimum Gasteiger partial charge on any atom is -0.479 e. The Balaban J connectivity index is 3.33. The molecule has 7 heteroatoms. The van der Waals surface area contributed by atoms with Gasteiger partial charge in [0.25, 0.3) is 0 Å². The molecule has 0 saturated carbocycles. The number of nitrogen functional groups attached to an aromatic ring is 1. The molecular formula is C6H6BrN3O3. The first-order chi connectivity index (χ1) is 6.06. The van der Waals surface area contributed by atoms with Gasteiger partial charge in [0.2, 0.25) is 11.6 Å². The number of aromatic nitrogens is 2. The van der Waals surface area contributed by atoms with Crippen molar-refractivity contribution in [3.63, 3.8) is 0 Å². The summed E-state index contributed by atoms with van der Waals surface area (Å²) in [6, 6.07) is 0. The highest BCUT2D eigenvalue weighted by Crippen LogP contribution is 2.21. The minimum atomic E-state index is -1.22. The van der Waals surface area contributed by atoms with E-state index in [4.69, 9.17) is 10.8 Å². The molecule has 0 fully saturated rings. The molecule has 0 aliphatic heterocycles. The number of aromatic carboxylic acids is 1. The van der Waals surface area contributed by atoms with Crippen LogP contribution < -0.4 is 10.5 Å². The van der Waals surface area contributed by atoms with Crippen LogP contribution in [0.15, 0.2) is 4.60 Å². The van der Waals surface area contributed by atoms with E-state index in [-0.39, 0.29) is 22.0 Å². The number of methoxy groups -OCH3 is 1. The molecule has 0 aromatic carbocycles. The van der Waals surface area contributed by atoms with Gasteiger partial charge in [0.1, 0.15) is 4.60 Å². The summed E-state index contributed by atoms with van der Waals surface area (Å²) in [6.45, 7) is 0. The Hall–Kier alpha value is -1.37. The summed E-state index contributed by atoms with van der Waals surface area (Å²) in [5, 5.41) is 8.67. The monoisotopic (exact) mass is 247 g/mol. The molecule has 70 valence electrons. The number of rotatable bonds is 2. The molecule has 6 nitrogen and oxygen atoms in total. The largest absolute Gasteiger partial charge is 0.479 e. The standard InChI is InChI=1S/C6H6BrN3O3/c1-13-5-2(6(11)12)9-3(7)4(8)10-5/h1H3,(H2,8,10)(H,11,12). The average molecular weight is 248 g/mol. The van der Waals surface area contributed by atoms with Crippen LogP contribution in [0.2, 0.25) is 0 Å². The maximum absolute atomic E-state index is 10.6. The molecule has 0 unspecified atom stereocenters. The molecule has 1 aromatic heterocycles. The molecule has 0 radical (unpaired) electrons. The molecule has 0 aliphatic carbocycles. The van der Waals surface area contributed by atoms with E-state index in [0.29, 0.717) is 0 Å². The Bertz CT molecular complexity index is 355. The summed E-state index contributed by atoms with van der Waals surface area (Å²) in [7, 11) is 1.30. The Kier molecular flexibility index (Phi) is 2.66. The second-order valence-corrected chi connectivity index (χ2v) is 2.81. The van der Waals surface area contributed by atoms with Crippen LogP contribution >= 0.6 is 15.9 Å². The van der Waals surface area contributed by atoms with Crippen molar-refractivity contribution in [2.24, 2.45) is 0 Å². The van der Waals surface area contributed by atoms with E-state index in [0.717, 1.165) is 0 Å². The molecule has 1 rings (SSSR count). The molecule has 0 atom stereocenters. The van der Waals surface area contributed by atoms with Gasteiger partial charge in [-0.25, -0.2) is 9.78 Å². The highest BCUT2D eigenvalue weighted by Gasteiger charge is 2.16. The Morgan fingerprint density at radius 2 is 2.23 bits per heavy atom. The van der Waals surface area contributed by atoms with E-state index in [1.165, 1.54) is 7.11 Å². The number of nitrogens with zero attached hydrogens (tertiary/aromatic N) is 2. The summed E-state index contributed by atoms with van der Waals surface area (Å²) in [5.41, 5.74) is 5.10. The van der Waals surface area contributed by atoms with Crippen molar-refractivity contribution in [1.82, 2.24) is 9.97 Å². The lowest BCUT2D eigenvalue weighted by molar-refractivity contribution is 0.0685. The van der Waals surface area contributed by atoms with Gasteiger partial charge in [-0.3, -0.25) is 0 Å². The van der Waals surface area contributed by atoms with Crippen LogP contribution in [0.5, 0.6) is 5.88 Å². The van der Waals surface area contributed by atoms with Crippen molar-refractivity contribution in [1.29, 1.82) is 0 Å². The van der Waals surface area contributed by atoms with Crippen LogP contribution in [0.1, 0.15) is 10.5 Å². The molecule has 0 aliphatic rings. The van der Waals surface area contributed by atoms with Crippen LogP contribution in [-0.2, 0) is 0 Å². The van der Waals surface area contributed by atoms with E-state index in [1.807, 2.05) is 0 Å². The van der Waals surface area contributed by atoms with Gasteiger partial charge in [0.15, 0.2) is 5.82 Å². The number of hydrogen-bond donors (Lipinski definition) is 2. The third-order valence-electron chi connectivity index (χ3n) is 1.24. The van der Waals surface area contributed by atoms with Crippen molar-refractivity contribution in [3.05, 3.63) is 10.3 Å². The minimum absolute atomic E-state index is 0.0850. The van der Waals surface area contributed by atoms with Crippen molar-refractivity contribution in [2.75, 3.05) is 12.8 Å². The summed E-state index contributed by atoms with van der Waals surface area (Å²) in [5.74, 6) is -1.24. The smallest absolute Gasteiger partial charge is 0.360 e. The molecule has 13 heavy (non-hydrogen) atoms. The van der Waals surface area contributed by atoms with Crippen molar-refractivity contribution < 1.29 is 14.6 Å². The number of carboxylic acids is 1. The van der Waals surface area contributed by atoms with Crippen LogP contribution in [-0.4, -0.2) is 28.2 Å². The summed E-state index contributed by atoms with van der Waals surface area (Å²) < 4.78 is 4.87. The summed E-state index contributed by atoms with van der Waals surface area (Å²) in [4.78, 5) is 17.9. The second-order valence-electron chi connectivity index (χ2n) is 2.06. The van der Waals surface area contributed by atoms with Gasteiger partial charge >= 0.3 is 5.97 Å². The fourth-order valence-corrected chi connectivity index (χ4v) is 0.959. The number of halogens is 1. The molecule has 0 bridgehead atoms. The fraction of sp³-hybridized carbons (Fsp3) is 0.167. The molecule has 1 aromatic rings. The fourth-order valence-electron chi connectivity index (χ4n) is 0.693. The highest BCUT2D eigenvalue weighted by molar-refractivity contribution is 9.10. The molecule has 0 spiro atoms. The molecule has 0 saturated heterocycles. The average Bonchev–Trinajstić information content (AvgIpc) is 2.08. The van der Waals surface area contributed by atoms with Crippen LogP contribution in [0, 0.1) is 0 Å². The van der Waals surface area contributed by atoms with E-state index in [1.54, 1.807) is 0 Å². The first kappa shape index (κ1) is 9.72. The zero-order chi connectivity index (χ0) is 10.0. The predicted octanol–water partition coefficient (Wildman–Crippen LogP) is 0.528. The second kappa shape index (κ2) is 3.56. The maximum atomic E-state index is 10.6. The van der Waals surface area contributed by atoms with E-state index in [9.17, 15) is 4.79 Å². The molecular weight excluding hydrogens is 242 g/mol. The number of ether oxygens (including phenoxy) is 1. The lowest BCUT2D eigenvalue weighted by atomic mass is 10.4. The van der Waals surface area contributed by atoms with Crippen LogP contribution in [0.4, 0.5) is 5.82 Å². The Labute approximate surface area is 81.9 Å². The van der Waals surface area contributed by atoms with Gasteiger partial charge in [0, 0.05) is 0 Å². The predicted molar refractivity (Wildman–Crippen MR) is 47.7 cm³/mol. The zero-order valence-electron chi connectivity index (χ0n) is 6.61. The van der Waals surface area contributed by atoms with Gasteiger partial charge in [0.05, 0.1) is 7.11 Å². The number of hydrogen-bond acceptors (Lipinski definition) is 5. The van der Waals surface area contributed by atoms with Crippen molar-refractivity contribution in [2.45, 2.75) is 0 Å². The first-order valence-electron chi connectivity index (χ1n) is 3.16. The first-order valence-corrected chi connectivity index (χ1v) is 3.96. The maximum Gasteiger partial charge on any atom is 0.360 e. The number of carbonyl (C=O) groups is 1. The van der Waals surface area contributed by atoms with Crippen LogP contribution in [0.25, 0.3) is 0 Å². The van der Waals surface area contributed by atoms with Gasteiger partial charge in [-0.2, -0.15) is 4.98 Å². The van der Waals surface area contributed by atoms with E-state index < -0.39 is 5.97 Å². The van der Waals surface area contributed by atoms with E-state index >= 15 is 0 Å². The zero-order valence-corrected chi connectivity index (χ0v) is 8.20. The summed E-state index contributed by atoms with van der Waals surface area (Å²) >= 11 is 2.96. The van der Waals surface area contributed by atoms with Gasteiger partial charge < -0.3 is 15.6 Å². The number of nitrogens with two attached hydrogens (primary N) is 1. The SMILES string of the molecule is COc1nc(N)c(Br)nc1C(=O)O. The van der Waals surface area contributed by atoms with E-state index in [2.05, 4.69) is 30.6 Å². The third kappa shape index (κ3) is 1.86.